The lowest BCUT2D eigenvalue weighted by Crippen LogP contribution is -2.23. The Kier molecular flexibility index (Phi) is 6.59. The highest BCUT2D eigenvalue weighted by Gasteiger charge is 2.21. The lowest BCUT2D eigenvalue weighted by molar-refractivity contribution is 0.0526. The summed E-state index contributed by atoms with van der Waals surface area (Å²) >= 11 is 6.07. The van der Waals surface area contributed by atoms with Crippen LogP contribution in [-0.2, 0) is 14.8 Å². The first-order chi connectivity index (χ1) is 12.7. The summed E-state index contributed by atoms with van der Waals surface area (Å²) < 4.78 is 30.5. The first-order valence-electron chi connectivity index (χ1n) is 7.97. The highest BCUT2D eigenvalue weighted by molar-refractivity contribution is 7.89. The molecule has 0 spiro atoms. The van der Waals surface area contributed by atoms with E-state index in [1.165, 1.54) is 38.4 Å². The Hall–Kier alpha value is -2.42. The molecule has 0 saturated heterocycles. The van der Waals surface area contributed by atoms with Crippen LogP contribution < -0.4 is 5.32 Å². The molecule has 1 amide bonds. The number of hydrogen-bond acceptors (Lipinski definition) is 5. The second-order valence-corrected chi connectivity index (χ2v) is 8.24. The molecule has 0 aliphatic rings. The predicted octanol–water partition coefficient (Wildman–Crippen LogP) is 3.02. The van der Waals surface area contributed by atoms with Crippen LogP contribution >= 0.6 is 11.6 Å². The molecule has 2 rings (SSSR count). The minimum atomic E-state index is -3.71. The molecule has 2 aromatic carbocycles. The average molecular weight is 411 g/mol. The second kappa shape index (κ2) is 8.51. The minimum absolute atomic E-state index is 0.00105. The monoisotopic (exact) mass is 410 g/mol. The highest BCUT2D eigenvalue weighted by atomic mass is 35.5. The molecule has 0 unspecified atom stereocenters. The molecule has 0 aliphatic carbocycles. The summed E-state index contributed by atoms with van der Waals surface area (Å²) in [5.41, 5.74) is 0.633. The number of hydrogen-bond donors (Lipinski definition) is 1. The van der Waals surface area contributed by atoms with Crippen LogP contribution in [0.1, 0.15) is 27.6 Å². The van der Waals surface area contributed by atoms with Crippen LogP contribution in [0.3, 0.4) is 0 Å². The third-order valence-electron chi connectivity index (χ3n) is 3.59. The SMILES string of the molecule is CCOC(=O)c1cccc(NC(=O)c2cc(S(=O)(=O)N(C)C)ccc2Cl)c1. The Morgan fingerprint density at radius 2 is 1.85 bits per heavy atom. The van der Waals surface area contributed by atoms with E-state index in [2.05, 4.69) is 5.32 Å². The molecule has 0 atom stereocenters. The fourth-order valence-corrected chi connectivity index (χ4v) is 3.32. The largest absolute Gasteiger partial charge is 0.462 e. The highest BCUT2D eigenvalue weighted by Crippen LogP contribution is 2.23. The number of amides is 1. The molecule has 7 nitrogen and oxygen atoms in total. The van der Waals surface area contributed by atoms with Gasteiger partial charge in [-0.3, -0.25) is 4.79 Å². The lowest BCUT2D eigenvalue weighted by atomic mass is 10.1. The maximum Gasteiger partial charge on any atom is 0.338 e. The number of halogens is 1. The fraction of sp³-hybridized carbons (Fsp3) is 0.222. The fourth-order valence-electron chi connectivity index (χ4n) is 2.19. The number of benzene rings is 2. The van der Waals surface area contributed by atoms with Crippen LogP contribution in [0.15, 0.2) is 47.4 Å². The van der Waals surface area contributed by atoms with Gasteiger partial charge >= 0.3 is 5.97 Å². The molecule has 2 aromatic rings. The van der Waals surface area contributed by atoms with Crippen molar-refractivity contribution in [2.24, 2.45) is 0 Å². The van der Waals surface area contributed by atoms with Crippen molar-refractivity contribution < 1.29 is 22.7 Å². The lowest BCUT2D eigenvalue weighted by Gasteiger charge is -2.13. The maximum absolute atomic E-state index is 12.6. The number of rotatable bonds is 6. The van der Waals surface area contributed by atoms with E-state index in [9.17, 15) is 18.0 Å². The molecular formula is C18H19ClN2O5S. The number of nitrogens with zero attached hydrogens (tertiary/aromatic N) is 1. The van der Waals surface area contributed by atoms with Crippen molar-refractivity contribution in [2.45, 2.75) is 11.8 Å². The van der Waals surface area contributed by atoms with Crippen LogP contribution in [-0.4, -0.2) is 45.3 Å². The third kappa shape index (κ3) is 4.85. The number of carbonyl (C=O) groups excluding carboxylic acids is 2. The summed E-state index contributed by atoms with van der Waals surface area (Å²) in [4.78, 5) is 24.3. The van der Waals surface area contributed by atoms with E-state index >= 15 is 0 Å². The van der Waals surface area contributed by atoms with Crippen LogP contribution in [0.4, 0.5) is 5.69 Å². The second-order valence-electron chi connectivity index (χ2n) is 5.68. The Balaban J connectivity index is 2.31. The summed E-state index contributed by atoms with van der Waals surface area (Å²) in [6.07, 6.45) is 0. The molecule has 0 saturated carbocycles. The van der Waals surface area contributed by atoms with Gasteiger partial charge in [0, 0.05) is 19.8 Å². The van der Waals surface area contributed by atoms with E-state index in [1.54, 1.807) is 25.1 Å². The number of anilines is 1. The molecular weight excluding hydrogens is 392 g/mol. The molecule has 144 valence electrons. The van der Waals surface area contributed by atoms with E-state index in [0.717, 1.165) is 4.31 Å². The smallest absolute Gasteiger partial charge is 0.338 e. The van der Waals surface area contributed by atoms with Crippen LogP contribution in [0.5, 0.6) is 0 Å². The molecule has 0 radical (unpaired) electrons. The number of ether oxygens (including phenoxy) is 1. The molecule has 0 bridgehead atoms. The van der Waals surface area contributed by atoms with Gasteiger partial charge in [-0.2, -0.15) is 0 Å². The van der Waals surface area contributed by atoms with Crippen molar-refractivity contribution in [3.63, 3.8) is 0 Å². The molecule has 0 fully saturated rings. The molecule has 0 aromatic heterocycles. The molecule has 0 heterocycles. The number of sulfonamides is 1. The average Bonchev–Trinajstić information content (AvgIpc) is 2.62. The van der Waals surface area contributed by atoms with Gasteiger partial charge in [0.05, 0.1) is 27.7 Å². The zero-order valence-corrected chi connectivity index (χ0v) is 16.6. The van der Waals surface area contributed by atoms with E-state index in [-0.39, 0.29) is 27.7 Å². The topological polar surface area (TPSA) is 92.8 Å². The normalized spacial score (nSPS) is 11.3. The van der Waals surface area contributed by atoms with E-state index in [1.807, 2.05) is 0 Å². The quantitative estimate of drug-likeness (QED) is 0.739. The Morgan fingerprint density at radius 3 is 2.48 bits per heavy atom. The van der Waals surface area contributed by atoms with Crippen LogP contribution in [0.25, 0.3) is 0 Å². The van der Waals surface area contributed by atoms with E-state index in [4.69, 9.17) is 16.3 Å². The van der Waals surface area contributed by atoms with Crippen molar-refractivity contribution in [3.05, 3.63) is 58.6 Å². The summed E-state index contributed by atoms with van der Waals surface area (Å²) in [7, 11) is -0.926. The Labute approximate surface area is 162 Å². The van der Waals surface area contributed by atoms with Gasteiger partial charge in [0.25, 0.3) is 5.91 Å². The van der Waals surface area contributed by atoms with Crippen molar-refractivity contribution in [1.29, 1.82) is 0 Å². The van der Waals surface area contributed by atoms with Crippen LogP contribution in [0, 0.1) is 0 Å². The number of carbonyl (C=O) groups is 2. The molecule has 9 heteroatoms. The third-order valence-corrected chi connectivity index (χ3v) is 5.73. The Morgan fingerprint density at radius 1 is 1.15 bits per heavy atom. The van der Waals surface area contributed by atoms with Gasteiger partial charge in [-0.05, 0) is 43.3 Å². The van der Waals surface area contributed by atoms with Gasteiger partial charge in [0.15, 0.2) is 0 Å². The van der Waals surface area contributed by atoms with Gasteiger partial charge in [-0.1, -0.05) is 17.7 Å². The molecule has 0 aliphatic heterocycles. The minimum Gasteiger partial charge on any atom is -0.462 e. The van der Waals surface area contributed by atoms with Crippen molar-refractivity contribution >= 4 is 39.2 Å². The van der Waals surface area contributed by atoms with Crippen molar-refractivity contribution in [3.8, 4) is 0 Å². The zero-order valence-electron chi connectivity index (χ0n) is 15.0. The molecule has 1 N–H and O–H groups in total. The van der Waals surface area contributed by atoms with Crippen molar-refractivity contribution in [2.75, 3.05) is 26.0 Å². The Bertz CT molecular complexity index is 973. The number of esters is 1. The van der Waals surface area contributed by atoms with E-state index in [0.29, 0.717) is 5.69 Å². The summed E-state index contributed by atoms with van der Waals surface area (Å²) in [6.45, 7) is 1.93. The zero-order chi connectivity index (χ0) is 20.2. The van der Waals surface area contributed by atoms with Crippen molar-refractivity contribution in [1.82, 2.24) is 4.31 Å². The van der Waals surface area contributed by atoms with Gasteiger partial charge < -0.3 is 10.1 Å². The first-order valence-corrected chi connectivity index (χ1v) is 9.79. The van der Waals surface area contributed by atoms with Gasteiger partial charge in [-0.25, -0.2) is 17.5 Å². The van der Waals surface area contributed by atoms with E-state index < -0.39 is 21.9 Å². The maximum atomic E-state index is 12.6. The summed E-state index contributed by atoms with van der Waals surface area (Å²) in [6, 6.07) is 10.1. The van der Waals surface area contributed by atoms with Gasteiger partial charge in [0.1, 0.15) is 0 Å². The molecule has 27 heavy (non-hydrogen) atoms. The summed E-state index contributed by atoms with van der Waals surface area (Å²) in [5, 5.41) is 2.71. The summed E-state index contributed by atoms with van der Waals surface area (Å²) in [5.74, 6) is -1.11. The predicted molar refractivity (Wildman–Crippen MR) is 103 cm³/mol. The van der Waals surface area contributed by atoms with Crippen LogP contribution in [0.2, 0.25) is 5.02 Å². The first kappa shape index (κ1) is 20.9. The van der Waals surface area contributed by atoms with Gasteiger partial charge in [0.2, 0.25) is 10.0 Å². The van der Waals surface area contributed by atoms with Gasteiger partial charge in [-0.15, -0.1) is 0 Å². The number of nitrogens with one attached hydrogen (secondary N) is 1. The standard InChI is InChI=1S/C18H19ClN2O5S/c1-4-26-18(23)12-6-5-7-13(10-12)20-17(22)15-11-14(8-9-16(15)19)27(24,25)21(2)3/h5-11H,4H2,1-3H3,(H,20,22).